The number of rotatable bonds is 4. The van der Waals surface area contributed by atoms with Gasteiger partial charge in [-0.25, -0.2) is 4.98 Å². The Kier molecular flexibility index (Phi) is 5.06. The van der Waals surface area contributed by atoms with Crippen LogP contribution in [0, 0.1) is 0 Å². The monoisotopic (exact) mass is 380 g/mol. The van der Waals surface area contributed by atoms with Crippen LogP contribution in [-0.4, -0.2) is 21.8 Å². The molecule has 1 aliphatic heterocycles. The van der Waals surface area contributed by atoms with Crippen molar-refractivity contribution in [1.82, 2.24) is 9.55 Å². The maximum atomic E-state index is 13.3. The molecule has 1 atom stereocenters. The van der Waals surface area contributed by atoms with E-state index in [1.54, 1.807) is 11.8 Å². The van der Waals surface area contributed by atoms with Crippen LogP contribution in [0.25, 0.3) is 10.9 Å². The smallest absolute Gasteiger partial charge is 0.262 e. The van der Waals surface area contributed by atoms with E-state index in [2.05, 4.69) is 26.0 Å². The van der Waals surface area contributed by atoms with Crippen molar-refractivity contribution in [1.29, 1.82) is 0 Å². The van der Waals surface area contributed by atoms with Gasteiger partial charge < -0.3 is 4.74 Å². The van der Waals surface area contributed by atoms with Crippen molar-refractivity contribution in [2.45, 2.75) is 49.2 Å². The Hall–Kier alpha value is -2.11. The fourth-order valence-electron chi connectivity index (χ4n) is 3.69. The van der Waals surface area contributed by atoms with Crippen LogP contribution in [-0.2, 0) is 10.5 Å². The van der Waals surface area contributed by atoms with Crippen LogP contribution in [0.1, 0.15) is 38.3 Å². The molecule has 0 unspecified atom stereocenters. The predicted molar refractivity (Wildman–Crippen MR) is 110 cm³/mol. The van der Waals surface area contributed by atoms with Crippen molar-refractivity contribution in [2.75, 3.05) is 6.61 Å². The molecule has 0 radical (unpaired) electrons. The quantitative estimate of drug-likeness (QED) is 0.481. The molecule has 1 aliphatic rings. The minimum absolute atomic E-state index is 0.0545. The van der Waals surface area contributed by atoms with Gasteiger partial charge in [0.1, 0.15) is 0 Å². The fraction of sp³-hybridized carbons (Fsp3) is 0.364. The molecular weight excluding hydrogens is 356 g/mol. The topological polar surface area (TPSA) is 44.1 Å². The molecule has 1 fully saturated rings. The predicted octanol–water partition coefficient (Wildman–Crippen LogP) is 4.82. The highest BCUT2D eigenvalue weighted by Crippen LogP contribution is 2.34. The highest BCUT2D eigenvalue weighted by Gasteiger charge is 2.32. The third kappa shape index (κ3) is 3.94. The number of hydrogen-bond acceptors (Lipinski definition) is 4. The lowest BCUT2D eigenvalue weighted by molar-refractivity contribution is -0.0708. The van der Waals surface area contributed by atoms with Gasteiger partial charge >= 0.3 is 0 Å². The number of hydrogen-bond donors (Lipinski definition) is 0. The zero-order valence-corrected chi connectivity index (χ0v) is 16.5. The first kappa shape index (κ1) is 18.3. The summed E-state index contributed by atoms with van der Waals surface area (Å²) < 4.78 is 7.79. The first-order chi connectivity index (χ1) is 13.0. The third-order valence-electron chi connectivity index (χ3n) is 5.02. The van der Waals surface area contributed by atoms with Crippen molar-refractivity contribution >= 4 is 22.7 Å². The van der Waals surface area contributed by atoms with E-state index in [0.717, 1.165) is 29.3 Å². The first-order valence-corrected chi connectivity index (χ1v) is 10.3. The maximum Gasteiger partial charge on any atom is 0.262 e. The number of ether oxygens (including phenoxy) is 1. The van der Waals surface area contributed by atoms with E-state index < -0.39 is 0 Å². The average molecular weight is 381 g/mol. The summed E-state index contributed by atoms with van der Waals surface area (Å²) in [5, 5.41) is 1.48. The van der Waals surface area contributed by atoms with Gasteiger partial charge in [-0.1, -0.05) is 54.2 Å². The van der Waals surface area contributed by atoms with Crippen LogP contribution in [0.2, 0.25) is 0 Å². The molecule has 0 spiro atoms. The molecule has 0 bridgehead atoms. The van der Waals surface area contributed by atoms with Crippen LogP contribution in [0.5, 0.6) is 0 Å². The summed E-state index contributed by atoms with van der Waals surface area (Å²) in [5.41, 5.74) is 1.82. The minimum Gasteiger partial charge on any atom is -0.375 e. The second-order valence-corrected chi connectivity index (χ2v) is 8.56. The molecule has 4 rings (SSSR count). The number of benzene rings is 2. The normalized spacial score (nSPS) is 19.3. The highest BCUT2D eigenvalue weighted by atomic mass is 32.2. The lowest BCUT2D eigenvalue weighted by Gasteiger charge is -2.36. The summed E-state index contributed by atoms with van der Waals surface area (Å²) in [6.45, 7) is 4.85. The average Bonchev–Trinajstić information content (AvgIpc) is 2.66. The first-order valence-electron chi connectivity index (χ1n) is 9.35. The van der Waals surface area contributed by atoms with Gasteiger partial charge in [0.2, 0.25) is 0 Å². The van der Waals surface area contributed by atoms with Crippen LogP contribution in [0.3, 0.4) is 0 Å². The Labute approximate surface area is 163 Å². The summed E-state index contributed by atoms with van der Waals surface area (Å²) >= 11 is 1.63. The highest BCUT2D eigenvalue weighted by molar-refractivity contribution is 7.98. The lowest BCUT2D eigenvalue weighted by Crippen LogP contribution is -2.39. The van der Waals surface area contributed by atoms with Gasteiger partial charge in [0.25, 0.3) is 5.56 Å². The molecule has 140 valence electrons. The lowest BCUT2D eigenvalue weighted by atomic mass is 9.93. The van der Waals surface area contributed by atoms with Crippen molar-refractivity contribution in [2.24, 2.45) is 0 Å². The molecule has 5 heteroatoms. The fourth-order valence-corrected chi connectivity index (χ4v) is 4.71. The number of thioether (sulfide) groups is 1. The van der Waals surface area contributed by atoms with Crippen LogP contribution >= 0.6 is 11.8 Å². The van der Waals surface area contributed by atoms with E-state index in [-0.39, 0.29) is 17.2 Å². The van der Waals surface area contributed by atoms with E-state index in [4.69, 9.17) is 9.72 Å². The molecule has 2 aromatic carbocycles. The SMILES string of the molecule is CC1(C)C[C@H](n2c(SCc3ccccc3)nc3ccccc3c2=O)CCO1. The van der Waals surface area contributed by atoms with Crippen LogP contribution < -0.4 is 5.56 Å². The van der Waals surface area contributed by atoms with Crippen LogP contribution in [0.4, 0.5) is 0 Å². The van der Waals surface area contributed by atoms with E-state index in [1.165, 1.54) is 5.56 Å². The molecule has 2 heterocycles. The maximum absolute atomic E-state index is 13.3. The van der Waals surface area contributed by atoms with E-state index in [9.17, 15) is 4.79 Å². The standard InChI is InChI=1S/C22H24N2O2S/c1-22(2)14-17(12-13-26-22)24-20(25)18-10-6-7-11-19(18)23-21(24)27-15-16-8-4-3-5-9-16/h3-11,17H,12-15H2,1-2H3/t17-/m1/s1. The number of para-hydroxylation sites is 1. The van der Waals surface area contributed by atoms with E-state index >= 15 is 0 Å². The van der Waals surface area contributed by atoms with Crippen molar-refractivity contribution in [3.63, 3.8) is 0 Å². The molecule has 0 amide bonds. The largest absolute Gasteiger partial charge is 0.375 e. The van der Waals surface area contributed by atoms with Gasteiger partial charge in [-0.05, 0) is 44.4 Å². The van der Waals surface area contributed by atoms with Gasteiger partial charge in [-0.2, -0.15) is 0 Å². The minimum atomic E-state index is -0.227. The molecular formula is C22H24N2O2S. The van der Waals surface area contributed by atoms with E-state index in [1.807, 2.05) is 47.0 Å². The molecule has 1 aromatic heterocycles. The Morgan fingerprint density at radius 2 is 1.89 bits per heavy atom. The van der Waals surface area contributed by atoms with Gasteiger partial charge in [-0.3, -0.25) is 9.36 Å². The molecule has 0 N–H and O–H groups in total. The second-order valence-electron chi connectivity index (χ2n) is 7.62. The zero-order chi connectivity index (χ0) is 18.9. The molecule has 0 saturated carbocycles. The summed E-state index contributed by atoms with van der Waals surface area (Å²) in [6.07, 6.45) is 1.65. The number of fused-ring (bicyclic) bond motifs is 1. The number of nitrogens with zero attached hydrogens (tertiary/aromatic N) is 2. The molecule has 1 saturated heterocycles. The Bertz CT molecular complexity index is 998. The van der Waals surface area contributed by atoms with Gasteiger partial charge in [0, 0.05) is 18.4 Å². The van der Waals surface area contributed by atoms with Crippen LogP contribution in [0.15, 0.2) is 64.5 Å². The molecule has 3 aromatic rings. The Morgan fingerprint density at radius 3 is 2.67 bits per heavy atom. The number of aromatic nitrogens is 2. The summed E-state index contributed by atoms with van der Waals surface area (Å²) in [6, 6.07) is 18.0. The summed E-state index contributed by atoms with van der Waals surface area (Å²) in [7, 11) is 0. The second kappa shape index (κ2) is 7.49. The summed E-state index contributed by atoms with van der Waals surface area (Å²) in [4.78, 5) is 18.2. The van der Waals surface area contributed by atoms with Gasteiger partial charge in [0.05, 0.1) is 16.5 Å². The zero-order valence-electron chi connectivity index (χ0n) is 15.7. The summed E-state index contributed by atoms with van der Waals surface area (Å²) in [5.74, 6) is 0.790. The van der Waals surface area contributed by atoms with Crippen molar-refractivity contribution in [3.05, 3.63) is 70.5 Å². The van der Waals surface area contributed by atoms with E-state index in [0.29, 0.717) is 12.0 Å². The van der Waals surface area contributed by atoms with Gasteiger partial charge in [-0.15, -0.1) is 0 Å². The Morgan fingerprint density at radius 1 is 1.15 bits per heavy atom. The van der Waals surface area contributed by atoms with Crippen molar-refractivity contribution < 1.29 is 4.74 Å². The molecule has 27 heavy (non-hydrogen) atoms. The van der Waals surface area contributed by atoms with Gasteiger partial charge in [0.15, 0.2) is 5.16 Å². The molecule has 0 aliphatic carbocycles. The third-order valence-corrected chi connectivity index (χ3v) is 6.05. The Balaban J connectivity index is 1.77. The van der Waals surface area contributed by atoms with Crippen molar-refractivity contribution in [3.8, 4) is 0 Å². The molecule has 4 nitrogen and oxygen atoms in total.